The average molecular weight is 186 g/mol. The molecular formula is C10H22N2O. The molecule has 1 aliphatic heterocycles. The molecule has 1 aliphatic rings. The number of morpholine rings is 1. The Morgan fingerprint density at radius 1 is 1.62 bits per heavy atom. The SMILES string of the molecule is CC1CN(C[C@H](C)N)CC(C)(C)O1. The summed E-state index contributed by atoms with van der Waals surface area (Å²) in [5, 5.41) is 0. The third-order valence-corrected chi connectivity index (χ3v) is 2.19. The van der Waals surface area contributed by atoms with Crippen LogP contribution in [0.1, 0.15) is 27.7 Å². The molecule has 3 heteroatoms. The first kappa shape index (κ1) is 11.0. The van der Waals surface area contributed by atoms with Gasteiger partial charge in [-0.05, 0) is 27.7 Å². The molecular weight excluding hydrogens is 164 g/mol. The van der Waals surface area contributed by atoms with Gasteiger partial charge < -0.3 is 10.5 Å². The maximum absolute atomic E-state index is 5.80. The third-order valence-electron chi connectivity index (χ3n) is 2.19. The van der Waals surface area contributed by atoms with Crippen molar-refractivity contribution < 1.29 is 4.74 Å². The molecule has 1 saturated heterocycles. The van der Waals surface area contributed by atoms with E-state index in [1.807, 2.05) is 6.92 Å². The van der Waals surface area contributed by atoms with Gasteiger partial charge in [-0.25, -0.2) is 0 Å². The zero-order valence-electron chi connectivity index (χ0n) is 9.21. The van der Waals surface area contributed by atoms with Crippen LogP contribution in [0.2, 0.25) is 0 Å². The monoisotopic (exact) mass is 186 g/mol. The second kappa shape index (κ2) is 3.95. The predicted molar refractivity (Wildman–Crippen MR) is 54.7 cm³/mol. The summed E-state index contributed by atoms with van der Waals surface area (Å²) in [4.78, 5) is 2.39. The van der Waals surface area contributed by atoms with E-state index in [2.05, 4.69) is 25.7 Å². The largest absolute Gasteiger partial charge is 0.370 e. The fraction of sp³-hybridized carbons (Fsp3) is 1.00. The Morgan fingerprint density at radius 2 is 2.23 bits per heavy atom. The lowest BCUT2D eigenvalue weighted by molar-refractivity contribution is -0.129. The highest BCUT2D eigenvalue weighted by atomic mass is 16.5. The number of rotatable bonds is 2. The first-order valence-electron chi connectivity index (χ1n) is 5.05. The van der Waals surface area contributed by atoms with Crippen molar-refractivity contribution in [2.75, 3.05) is 19.6 Å². The zero-order chi connectivity index (χ0) is 10.1. The summed E-state index contributed by atoms with van der Waals surface area (Å²) in [5.74, 6) is 0. The van der Waals surface area contributed by atoms with Gasteiger partial charge in [0, 0.05) is 25.7 Å². The van der Waals surface area contributed by atoms with Crippen molar-refractivity contribution in [2.24, 2.45) is 5.73 Å². The molecule has 1 unspecified atom stereocenters. The van der Waals surface area contributed by atoms with Gasteiger partial charge in [-0.15, -0.1) is 0 Å². The minimum absolute atomic E-state index is 0.0213. The first-order chi connectivity index (χ1) is 5.89. The van der Waals surface area contributed by atoms with E-state index in [9.17, 15) is 0 Å². The molecule has 1 heterocycles. The molecule has 3 nitrogen and oxygen atoms in total. The number of hydrogen-bond donors (Lipinski definition) is 1. The number of nitrogens with two attached hydrogens (primary N) is 1. The predicted octanol–water partition coefficient (Wildman–Crippen LogP) is 0.833. The topological polar surface area (TPSA) is 38.5 Å². The summed E-state index contributed by atoms with van der Waals surface area (Å²) in [7, 11) is 0. The highest BCUT2D eigenvalue weighted by Crippen LogP contribution is 2.20. The van der Waals surface area contributed by atoms with Crippen LogP contribution in [0.4, 0.5) is 0 Å². The molecule has 0 aromatic carbocycles. The Kier molecular flexibility index (Phi) is 3.33. The maximum atomic E-state index is 5.80. The number of nitrogens with zero attached hydrogens (tertiary/aromatic N) is 1. The molecule has 0 aliphatic carbocycles. The van der Waals surface area contributed by atoms with Crippen molar-refractivity contribution >= 4 is 0 Å². The van der Waals surface area contributed by atoms with Gasteiger partial charge in [-0.1, -0.05) is 0 Å². The van der Waals surface area contributed by atoms with Crippen LogP contribution < -0.4 is 5.73 Å². The van der Waals surface area contributed by atoms with E-state index in [-0.39, 0.29) is 11.6 Å². The van der Waals surface area contributed by atoms with Crippen LogP contribution in [0.3, 0.4) is 0 Å². The fourth-order valence-corrected chi connectivity index (χ4v) is 2.13. The quantitative estimate of drug-likeness (QED) is 0.694. The smallest absolute Gasteiger partial charge is 0.0757 e. The summed E-state index contributed by atoms with van der Waals surface area (Å²) >= 11 is 0. The summed E-state index contributed by atoms with van der Waals surface area (Å²) in [6, 6.07) is 0.251. The van der Waals surface area contributed by atoms with Gasteiger partial charge in [-0.3, -0.25) is 4.90 Å². The van der Waals surface area contributed by atoms with Crippen molar-refractivity contribution in [3.8, 4) is 0 Å². The van der Waals surface area contributed by atoms with Crippen LogP contribution in [-0.2, 0) is 4.74 Å². The minimum Gasteiger partial charge on any atom is -0.370 e. The van der Waals surface area contributed by atoms with Gasteiger partial charge in [0.25, 0.3) is 0 Å². The van der Waals surface area contributed by atoms with Crippen molar-refractivity contribution in [3.05, 3.63) is 0 Å². The molecule has 1 fully saturated rings. The van der Waals surface area contributed by atoms with E-state index in [0.29, 0.717) is 6.10 Å². The zero-order valence-corrected chi connectivity index (χ0v) is 9.21. The Morgan fingerprint density at radius 3 is 2.69 bits per heavy atom. The summed E-state index contributed by atoms with van der Waals surface area (Å²) < 4.78 is 5.80. The molecule has 13 heavy (non-hydrogen) atoms. The Balaban J connectivity index is 2.48. The van der Waals surface area contributed by atoms with Crippen LogP contribution in [0.15, 0.2) is 0 Å². The van der Waals surface area contributed by atoms with Gasteiger partial charge in [0.05, 0.1) is 11.7 Å². The van der Waals surface area contributed by atoms with Crippen LogP contribution in [-0.4, -0.2) is 42.3 Å². The summed E-state index contributed by atoms with van der Waals surface area (Å²) in [6.45, 7) is 11.4. The van der Waals surface area contributed by atoms with E-state index < -0.39 is 0 Å². The van der Waals surface area contributed by atoms with Crippen molar-refractivity contribution in [3.63, 3.8) is 0 Å². The third kappa shape index (κ3) is 3.63. The van der Waals surface area contributed by atoms with Gasteiger partial charge >= 0.3 is 0 Å². The Labute approximate surface area is 81.2 Å². The van der Waals surface area contributed by atoms with Gasteiger partial charge in [0.1, 0.15) is 0 Å². The Hall–Kier alpha value is -0.120. The molecule has 0 amide bonds. The second-order valence-electron chi connectivity index (χ2n) is 4.86. The molecule has 0 saturated carbocycles. The Bertz CT molecular complexity index is 166. The molecule has 2 N–H and O–H groups in total. The maximum Gasteiger partial charge on any atom is 0.0757 e. The second-order valence-corrected chi connectivity index (χ2v) is 4.86. The summed E-state index contributed by atoms with van der Waals surface area (Å²) in [5.41, 5.74) is 5.75. The van der Waals surface area contributed by atoms with E-state index in [1.54, 1.807) is 0 Å². The first-order valence-corrected chi connectivity index (χ1v) is 5.05. The van der Waals surface area contributed by atoms with Gasteiger partial charge in [-0.2, -0.15) is 0 Å². The molecule has 0 radical (unpaired) electrons. The van der Waals surface area contributed by atoms with E-state index in [1.165, 1.54) is 0 Å². The molecule has 0 aromatic rings. The lowest BCUT2D eigenvalue weighted by Crippen LogP contribution is -2.54. The van der Waals surface area contributed by atoms with E-state index in [0.717, 1.165) is 19.6 Å². The average Bonchev–Trinajstić information content (AvgIpc) is 1.78. The number of hydrogen-bond acceptors (Lipinski definition) is 3. The lowest BCUT2D eigenvalue weighted by atomic mass is 10.1. The van der Waals surface area contributed by atoms with Crippen molar-refractivity contribution in [1.82, 2.24) is 4.90 Å². The van der Waals surface area contributed by atoms with E-state index >= 15 is 0 Å². The van der Waals surface area contributed by atoms with Gasteiger partial charge in [0.2, 0.25) is 0 Å². The van der Waals surface area contributed by atoms with Crippen molar-refractivity contribution in [2.45, 2.75) is 45.4 Å². The molecule has 78 valence electrons. The molecule has 0 spiro atoms. The normalized spacial score (nSPS) is 31.6. The van der Waals surface area contributed by atoms with Crippen LogP contribution >= 0.6 is 0 Å². The molecule has 1 rings (SSSR count). The minimum atomic E-state index is -0.0213. The lowest BCUT2D eigenvalue weighted by Gasteiger charge is -2.42. The standard InChI is InChI=1S/C10H22N2O/c1-8(11)5-12-6-9(2)13-10(3,4)7-12/h8-9H,5-7,11H2,1-4H3/t8-,9?/m0/s1. The molecule has 0 aromatic heterocycles. The van der Waals surface area contributed by atoms with Crippen LogP contribution in [0.5, 0.6) is 0 Å². The summed E-state index contributed by atoms with van der Waals surface area (Å²) in [6.07, 6.45) is 0.322. The fourth-order valence-electron chi connectivity index (χ4n) is 2.13. The van der Waals surface area contributed by atoms with Crippen molar-refractivity contribution in [1.29, 1.82) is 0 Å². The van der Waals surface area contributed by atoms with Crippen LogP contribution in [0, 0.1) is 0 Å². The van der Waals surface area contributed by atoms with Gasteiger partial charge in [0.15, 0.2) is 0 Å². The highest BCUT2D eigenvalue weighted by Gasteiger charge is 2.31. The van der Waals surface area contributed by atoms with E-state index in [4.69, 9.17) is 10.5 Å². The number of ether oxygens (including phenoxy) is 1. The molecule has 2 atom stereocenters. The molecule has 0 bridgehead atoms. The highest BCUT2D eigenvalue weighted by molar-refractivity contribution is 4.83. The van der Waals surface area contributed by atoms with Crippen LogP contribution in [0.25, 0.3) is 0 Å².